The van der Waals surface area contributed by atoms with Crippen LogP contribution in [-0.2, 0) is 16.0 Å². The first kappa shape index (κ1) is 18.6. The summed E-state index contributed by atoms with van der Waals surface area (Å²) in [6.45, 7) is 6.12. The highest BCUT2D eigenvalue weighted by Gasteiger charge is 2.26. The van der Waals surface area contributed by atoms with Crippen LogP contribution in [0.3, 0.4) is 0 Å². The van der Waals surface area contributed by atoms with Crippen molar-refractivity contribution in [2.45, 2.75) is 32.7 Å². The number of aryl methyl sites for hydroxylation is 1. The number of ether oxygens (including phenoxy) is 1. The van der Waals surface area contributed by atoms with Gasteiger partial charge in [0.05, 0.1) is 24.5 Å². The second-order valence-corrected chi connectivity index (χ2v) is 7.46. The van der Waals surface area contributed by atoms with Crippen LogP contribution in [0, 0.1) is 0 Å². The molecule has 2 aliphatic heterocycles. The molecule has 1 saturated heterocycles. The van der Waals surface area contributed by atoms with Gasteiger partial charge in [0, 0.05) is 43.5 Å². The highest BCUT2D eigenvalue weighted by Crippen LogP contribution is 2.33. The zero-order valence-corrected chi connectivity index (χ0v) is 16.4. The molecule has 2 amide bonds. The molecule has 2 aromatic rings. The van der Waals surface area contributed by atoms with Gasteiger partial charge in [-0.1, -0.05) is 6.07 Å². The van der Waals surface area contributed by atoms with E-state index in [1.807, 2.05) is 29.2 Å². The molecule has 1 fully saturated rings. The standard InChI is InChI=1S/C22H25N3O3/c1-15-3-4-18-13-17(6-8-21(18)25(15)16(2)26)20-7-5-19(14-23-20)22(27)24-9-11-28-12-10-24/h5-8,13-15H,3-4,9-12H2,1-2H3/t15-/m0/s1. The van der Waals surface area contributed by atoms with Crippen LogP contribution in [0.25, 0.3) is 11.3 Å². The zero-order valence-electron chi connectivity index (χ0n) is 16.4. The number of hydrogen-bond donors (Lipinski definition) is 0. The fraction of sp³-hybridized carbons (Fsp3) is 0.409. The van der Waals surface area contributed by atoms with Crippen LogP contribution in [0.5, 0.6) is 0 Å². The number of fused-ring (bicyclic) bond motifs is 1. The highest BCUT2D eigenvalue weighted by molar-refractivity contribution is 5.95. The number of rotatable bonds is 2. The number of anilines is 1. The molecule has 1 atom stereocenters. The summed E-state index contributed by atoms with van der Waals surface area (Å²) in [7, 11) is 0. The summed E-state index contributed by atoms with van der Waals surface area (Å²) in [6, 6.07) is 10.1. The summed E-state index contributed by atoms with van der Waals surface area (Å²) < 4.78 is 5.30. The molecule has 4 rings (SSSR count). The Kier molecular flexibility index (Phi) is 5.13. The van der Waals surface area contributed by atoms with Gasteiger partial charge in [0.25, 0.3) is 5.91 Å². The lowest BCUT2D eigenvalue weighted by molar-refractivity contribution is -0.117. The van der Waals surface area contributed by atoms with Crippen LogP contribution >= 0.6 is 0 Å². The molecular formula is C22H25N3O3. The van der Waals surface area contributed by atoms with E-state index >= 15 is 0 Å². The molecule has 1 aromatic heterocycles. The first-order valence-corrected chi connectivity index (χ1v) is 9.81. The minimum Gasteiger partial charge on any atom is -0.378 e. The van der Waals surface area contributed by atoms with E-state index in [2.05, 4.69) is 18.0 Å². The summed E-state index contributed by atoms with van der Waals surface area (Å²) in [6.07, 6.45) is 3.55. The number of amides is 2. The van der Waals surface area contributed by atoms with Crippen molar-refractivity contribution >= 4 is 17.5 Å². The first-order valence-electron chi connectivity index (χ1n) is 9.81. The highest BCUT2D eigenvalue weighted by atomic mass is 16.5. The van der Waals surface area contributed by atoms with Crippen molar-refractivity contribution in [1.82, 2.24) is 9.88 Å². The number of aromatic nitrogens is 1. The Bertz CT molecular complexity index is 888. The molecule has 28 heavy (non-hydrogen) atoms. The van der Waals surface area contributed by atoms with E-state index in [1.165, 1.54) is 5.56 Å². The molecule has 0 spiro atoms. The Hall–Kier alpha value is -2.73. The summed E-state index contributed by atoms with van der Waals surface area (Å²) in [5.74, 6) is 0.0733. The van der Waals surface area contributed by atoms with Crippen LogP contribution < -0.4 is 4.90 Å². The maximum Gasteiger partial charge on any atom is 0.255 e. The lowest BCUT2D eigenvalue weighted by Crippen LogP contribution is -2.40. The van der Waals surface area contributed by atoms with Gasteiger partial charge in [-0.3, -0.25) is 14.6 Å². The lowest BCUT2D eigenvalue weighted by Gasteiger charge is -2.34. The predicted molar refractivity (Wildman–Crippen MR) is 107 cm³/mol. The van der Waals surface area contributed by atoms with Crippen LogP contribution in [0.2, 0.25) is 0 Å². The third-order valence-electron chi connectivity index (χ3n) is 5.56. The molecular weight excluding hydrogens is 354 g/mol. The second kappa shape index (κ2) is 7.72. The molecule has 0 bridgehead atoms. The van der Waals surface area contributed by atoms with Crippen molar-refractivity contribution < 1.29 is 14.3 Å². The molecule has 6 nitrogen and oxygen atoms in total. The van der Waals surface area contributed by atoms with Crippen molar-refractivity contribution in [2.75, 3.05) is 31.2 Å². The van der Waals surface area contributed by atoms with Crippen LogP contribution in [0.1, 0.15) is 36.2 Å². The fourth-order valence-corrected chi connectivity index (χ4v) is 4.03. The zero-order chi connectivity index (χ0) is 19.7. The third-order valence-corrected chi connectivity index (χ3v) is 5.56. The normalized spacial score (nSPS) is 19.3. The largest absolute Gasteiger partial charge is 0.378 e. The van der Waals surface area contributed by atoms with Gasteiger partial charge >= 0.3 is 0 Å². The summed E-state index contributed by atoms with van der Waals surface area (Å²) in [5.41, 5.74) is 4.59. The summed E-state index contributed by atoms with van der Waals surface area (Å²) in [5, 5.41) is 0. The Morgan fingerprint density at radius 1 is 1.14 bits per heavy atom. The van der Waals surface area contributed by atoms with Crippen molar-refractivity contribution in [3.8, 4) is 11.3 Å². The Morgan fingerprint density at radius 3 is 2.61 bits per heavy atom. The lowest BCUT2D eigenvalue weighted by atomic mass is 9.94. The quantitative estimate of drug-likeness (QED) is 0.805. The maximum absolute atomic E-state index is 12.6. The molecule has 3 heterocycles. The molecule has 2 aliphatic rings. The fourth-order valence-electron chi connectivity index (χ4n) is 4.03. The molecule has 146 valence electrons. The summed E-state index contributed by atoms with van der Waals surface area (Å²) >= 11 is 0. The smallest absolute Gasteiger partial charge is 0.255 e. The Morgan fingerprint density at radius 2 is 1.93 bits per heavy atom. The average molecular weight is 379 g/mol. The summed E-state index contributed by atoms with van der Waals surface area (Å²) in [4.78, 5) is 32.8. The van der Waals surface area contributed by atoms with Gasteiger partial charge in [0.2, 0.25) is 5.91 Å². The molecule has 0 N–H and O–H groups in total. The SMILES string of the molecule is CC(=O)N1c2ccc(-c3ccc(C(=O)N4CCOCC4)cn3)cc2CC[C@@H]1C. The number of carbonyl (C=O) groups is 2. The number of benzene rings is 1. The van der Waals surface area contributed by atoms with Crippen molar-refractivity contribution in [1.29, 1.82) is 0 Å². The molecule has 0 radical (unpaired) electrons. The van der Waals surface area contributed by atoms with Crippen LogP contribution in [0.4, 0.5) is 5.69 Å². The van der Waals surface area contributed by atoms with Gasteiger partial charge in [-0.05, 0) is 49.6 Å². The van der Waals surface area contributed by atoms with Crippen LogP contribution in [0.15, 0.2) is 36.5 Å². The van der Waals surface area contributed by atoms with Gasteiger partial charge in [0.1, 0.15) is 0 Å². The van der Waals surface area contributed by atoms with Gasteiger partial charge in [-0.25, -0.2) is 0 Å². The minimum atomic E-state index is -0.00104. The van der Waals surface area contributed by atoms with Crippen molar-refractivity contribution in [3.63, 3.8) is 0 Å². The molecule has 0 aliphatic carbocycles. The van der Waals surface area contributed by atoms with Gasteiger partial charge in [0.15, 0.2) is 0 Å². The van der Waals surface area contributed by atoms with E-state index in [0.717, 1.165) is 29.8 Å². The van der Waals surface area contributed by atoms with E-state index in [4.69, 9.17) is 4.74 Å². The predicted octanol–water partition coefficient (Wildman–Crippen LogP) is 2.91. The molecule has 0 unspecified atom stereocenters. The number of morpholine rings is 1. The van der Waals surface area contributed by atoms with Crippen molar-refractivity contribution in [2.24, 2.45) is 0 Å². The number of nitrogens with zero attached hydrogens (tertiary/aromatic N) is 3. The number of pyridine rings is 1. The third kappa shape index (κ3) is 3.52. The second-order valence-electron chi connectivity index (χ2n) is 7.46. The van der Waals surface area contributed by atoms with Gasteiger partial charge in [-0.15, -0.1) is 0 Å². The average Bonchev–Trinajstić information content (AvgIpc) is 2.73. The van der Waals surface area contributed by atoms with E-state index in [1.54, 1.807) is 18.0 Å². The Labute approximate surface area is 165 Å². The van der Waals surface area contributed by atoms with E-state index in [-0.39, 0.29) is 17.9 Å². The topological polar surface area (TPSA) is 62.7 Å². The maximum atomic E-state index is 12.6. The Balaban J connectivity index is 1.56. The molecule has 1 aromatic carbocycles. The number of carbonyl (C=O) groups excluding carboxylic acids is 2. The van der Waals surface area contributed by atoms with E-state index < -0.39 is 0 Å². The van der Waals surface area contributed by atoms with Gasteiger partial charge in [-0.2, -0.15) is 0 Å². The van der Waals surface area contributed by atoms with Crippen LogP contribution in [-0.4, -0.2) is 54.0 Å². The van der Waals surface area contributed by atoms with E-state index in [0.29, 0.717) is 31.9 Å². The van der Waals surface area contributed by atoms with Gasteiger partial charge < -0.3 is 14.5 Å². The van der Waals surface area contributed by atoms with Crippen molar-refractivity contribution in [3.05, 3.63) is 47.7 Å². The monoisotopic (exact) mass is 379 g/mol. The molecule has 0 saturated carbocycles. The first-order chi connectivity index (χ1) is 13.5. The number of hydrogen-bond acceptors (Lipinski definition) is 4. The molecule has 6 heteroatoms. The minimum absolute atomic E-state index is 0.00104. The van der Waals surface area contributed by atoms with E-state index in [9.17, 15) is 9.59 Å².